The zero-order chi connectivity index (χ0) is 19.0. The summed E-state index contributed by atoms with van der Waals surface area (Å²) in [6, 6.07) is 4.10. The number of carbonyl (C=O) groups excluding carboxylic acids is 1. The molecular weight excluding hydrogens is 362 g/mol. The molecule has 3 aromatic rings. The Kier molecular flexibility index (Phi) is 4.86. The van der Waals surface area contributed by atoms with E-state index in [-0.39, 0.29) is 12.0 Å². The predicted molar refractivity (Wildman–Crippen MR) is 105 cm³/mol. The van der Waals surface area contributed by atoms with Crippen molar-refractivity contribution in [2.45, 2.75) is 46.1 Å². The molecule has 3 aromatic heterocycles. The van der Waals surface area contributed by atoms with Crippen LogP contribution in [0.5, 0.6) is 0 Å². The van der Waals surface area contributed by atoms with Crippen molar-refractivity contribution in [3.8, 4) is 0 Å². The van der Waals surface area contributed by atoms with Gasteiger partial charge >= 0.3 is 5.97 Å². The highest BCUT2D eigenvalue weighted by Gasteiger charge is 2.31. The van der Waals surface area contributed by atoms with Gasteiger partial charge in [-0.1, -0.05) is 0 Å². The highest BCUT2D eigenvalue weighted by molar-refractivity contribution is 7.20. The number of furan rings is 1. The van der Waals surface area contributed by atoms with Crippen molar-refractivity contribution >= 4 is 33.3 Å². The van der Waals surface area contributed by atoms with Gasteiger partial charge in [-0.25, -0.2) is 14.8 Å². The van der Waals surface area contributed by atoms with Gasteiger partial charge in [0.1, 0.15) is 27.1 Å². The Morgan fingerprint density at radius 3 is 2.96 bits per heavy atom. The zero-order valence-corrected chi connectivity index (χ0v) is 16.6. The van der Waals surface area contributed by atoms with Gasteiger partial charge in [0.05, 0.1) is 24.3 Å². The van der Waals surface area contributed by atoms with Crippen molar-refractivity contribution < 1.29 is 13.9 Å². The van der Waals surface area contributed by atoms with Crippen LogP contribution in [-0.2, 0) is 4.74 Å². The fourth-order valence-electron chi connectivity index (χ4n) is 3.78. The van der Waals surface area contributed by atoms with Crippen molar-refractivity contribution in [1.82, 2.24) is 9.97 Å². The summed E-state index contributed by atoms with van der Waals surface area (Å²) in [5.74, 6) is 2.27. The van der Waals surface area contributed by atoms with Crippen LogP contribution >= 0.6 is 11.3 Å². The van der Waals surface area contributed by atoms with Gasteiger partial charge in [0.25, 0.3) is 0 Å². The van der Waals surface area contributed by atoms with Crippen LogP contribution in [0.4, 0.5) is 5.82 Å². The fraction of sp³-hybridized carbons (Fsp3) is 0.450. The average molecular weight is 385 g/mol. The van der Waals surface area contributed by atoms with E-state index >= 15 is 0 Å². The zero-order valence-electron chi connectivity index (χ0n) is 15.8. The Labute approximate surface area is 162 Å². The number of aryl methyl sites for hydroxylation is 2. The van der Waals surface area contributed by atoms with E-state index in [0.29, 0.717) is 17.3 Å². The van der Waals surface area contributed by atoms with E-state index in [1.165, 1.54) is 11.3 Å². The molecule has 1 aliphatic heterocycles. The van der Waals surface area contributed by atoms with Crippen LogP contribution in [0.25, 0.3) is 10.2 Å². The van der Waals surface area contributed by atoms with Crippen LogP contribution in [0.3, 0.4) is 0 Å². The molecule has 27 heavy (non-hydrogen) atoms. The van der Waals surface area contributed by atoms with Crippen LogP contribution in [-0.4, -0.2) is 29.1 Å². The molecule has 1 aliphatic rings. The lowest BCUT2D eigenvalue weighted by Crippen LogP contribution is -2.34. The third-order valence-electron chi connectivity index (χ3n) is 4.99. The van der Waals surface area contributed by atoms with Crippen molar-refractivity contribution in [2.75, 3.05) is 18.1 Å². The molecule has 0 amide bonds. The number of piperidine rings is 1. The number of carbonyl (C=O) groups is 1. The fourth-order valence-corrected chi connectivity index (χ4v) is 4.90. The third-order valence-corrected chi connectivity index (χ3v) is 6.16. The van der Waals surface area contributed by atoms with Crippen LogP contribution in [0.2, 0.25) is 0 Å². The van der Waals surface area contributed by atoms with Gasteiger partial charge in [-0.05, 0) is 57.7 Å². The molecule has 1 atom stereocenters. The summed E-state index contributed by atoms with van der Waals surface area (Å²) in [5, 5.41) is 0.951. The lowest BCUT2D eigenvalue weighted by molar-refractivity contribution is 0.0531. The van der Waals surface area contributed by atoms with E-state index in [9.17, 15) is 4.79 Å². The number of aromatic nitrogens is 2. The molecule has 0 N–H and O–H groups in total. The number of thiophene rings is 1. The highest BCUT2D eigenvalue weighted by atomic mass is 32.1. The van der Waals surface area contributed by atoms with Gasteiger partial charge in [0, 0.05) is 6.54 Å². The smallest absolute Gasteiger partial charge is 0.348 e. The SMILES string of the molecule is CCOC(=O)c1sc2nc(C)nc(N3CCCC[C@H]3c3ccco3)c2c1C. The first-order chi connectivity index (χ1) is 13.1. The summed E-state index contributed by atoms with van der Waals surface area (Å²) < 4.78 is 10.9. The Balaban J connectivity index is 1.86. The molecular formula is C20H23N3O3S. The van der Waals surface area contributed by atoms with E-state index in [1.54, 1.807) is 6.26 Å². The molecule has 4 rings (SSSR count). The molecule has 1 fully saturated rings. The normalized spacial score (nSPS) is 17.4. The number of rotatable bonds is 4. The number of ether oxygens (including phenoxy) is 1. The second-order valence-electron chi connectivity index (χ2n) is 6.77. The second kappa shape index (κ2) is 7.31. The second-order valence-corrected chi connectivity index (χ2v) is 7.77. The molecule has 0 saturated carbocycles. The monoisotopic (exact) mass is 385 g/mol. The molecule has 0 spiro atoms. The molecule has 0 bridgehead atoms. The van der Waals surface area contributed by atoms with E-state index in [0.717, 1.165) is 53.2 Å². The maximum atomic E-state index is 12.4. The first-order valence-electron chi connectivity index (χ1n) is 9.35. The predicted octanol–water partition coefficient (Wildman–Crippen LogP) is 4.81. The number of hydrogen-bond acceptors (Lipinski definition) is 7. The van der Waals surface area contributed by atoms with Gasteiger partial charge in [-0.15, -0.1) is 11.3 Å². The number of anilines is 1. The van der Waals surface area contributed by atoms with Crippen LogP contribution in [0, 0.1) is 13.8 Å². The summed E-state index contributed by atoms with van der Waals surface area (Å²) in [6.07, 6.45) is 5.01. The Morgan fingerprint density at radius 1 is 1.37 bits per heavy atom. The van der Waals surface area contributed by atoms with Gasteiger partial charge in [0.15, 0.2) is 0 Å². The summed E-state index contributed by atoms with van der Waals surface area (Å²) in [7, 11) is 0. The molecule has 0 aliphatic carbocycles. The Hall–Kier alpha value is -2.41. The van der Waals surface area contributed by atoms with Gasteiger partial charge in [-0.3, -0.25) is 0 Å². The minimum atomic E-state index is -0.289. The minimum Gasteiger partial charge on any atom is -0.467 e. The van der Waals surface area contributed by atoms with E-state index in [1.807, 2.05) is 32.9 Å². The van der Waals surface area contributed by atoms with E-state index < -0.39 is 0 Å². The number of nitrogens with zero attached hydrogens (tertiary/aromatic N) is 3. The maximum absolute atomic E-state index is 12.4. The van der Waals surface area contributed by atoms with Crippen LogP contribution < -0.4 is 4.90 Å². The quantitative estimate of drug-likeness (QED) is 0.600. The van der Waals surface area contributed by atoms with Crippen molar-refractivity contribution in [3.63, 3.8) is 0 Å². The van der Waals surface area contributed by atoms with Crippen molar-refractivity contribution in [3.05, 3.63) is 40.4 Å². The van der Waals surface area contributed by atoms with E-state index in [4.69, 9.17) is 14.1 Å². The van der Waals surface area contributed by atoms with Crippen molar-refractivity contribution in [1.29, 1.82) is 0 Å². The average Bonchev–Trinajstić information content (AvgIpc) is 3.30. The first-order valence-corrected chi connectivity index (χ1v) is 10.2. The summed E-state index contributed by atoms with van der Waals surface area (Å²) in [4.78, 5) is 25.5. The topological polar surface area (TPSA) is 68.5 Å². The van der Waals surface area contributed by atoms with Crippen molar-refractivity contribution in [2.24, 2.45) is 0 Å². The molecule has 0 radical (unpaired) electrons. The van der Waals surface area contributed by atoms with Gasteiger partial charge in [0.2, 0.25) is 0 Å². The first kappa shape index (κ1) is 18.0. The molecule has 142 valence electrons. The molecule has 4 heterocycles. The molecule has 0 aromatic carbocycles. The summed E-state index contributed by atoms with van der Waals surface area (Å²) in [6.45, 7) is 6.93. The summed E-state index contributed by atoms with van der Waals surface area (Å²) >= 11 is 1.39. The van der Waals surface area contributed by atoms with E-state index in [2.05, 4.69) is 9.88 Å². The maximum Gasteiger partial charge on any atom is 0.348 e. The number of esters is 1. The largest absolute Gasteiger partial charge is 0.467 e. The number of fused-ring (bicyclic) bond motifs is 1. The molecule has 7 heteroatoms. The minimum absolute atomic E-state index is 0.150. The standard InChI is InChI=1S/C20H23N3O3S/c1-4-25-20(24)17-12(2)16-18(21-13(3)22-19(16)27-17)23-10-6-5-8-14(23)15-9-7-11-26-15/h7,9,11,14H,4-6,8,10H2,1-3H3/t14-/m0/s1. The van der Waals surface area contributed by atoms with Crippen LogP contribution in [0.15, 0.2) is 22.8 Å². The van der Waals surface area contributed by atoms with Gasteiger partial charge < -0.3 is 14.1 Å². The Morgan fingerprint density at radius 2 is 2.22 bits per heavy atom. The summed E-state index contributed by atoms with van der Waals surface area (Å²) in [5.41, 5.74) is 0.896. The highest BCUT2D eigenvalue weighted by Crippen LogP contribution is 2.41. The van der Waals surface area contributed by atoms with Gasteiger partial charge in [-0.2, -0.15) is 0 Å². The molecule has 1 saturated heterocycles. The Bertz CT molecular complexity index is 965. The number of hydrogen-bond donors (Lipinski definition) is 0. The lowest BCUT2D eigenvalue weighted by Gasteiger charge is -2.36. The molecule has 6 nitrogen and oxygen atoms in total. The van der Waals surface area contributed by atoms with Crippen LogP contribution in [0.1, 0.15) is 59.0 Å². The molecule has 0 unspecified atom stereocenters. The third kappa shape index (κ3) is 3.20. The lowest BCUT2D eigenvalue weighted by atomic mass is 9.99.